The Hall–Kier alpha value is -0.550. The summed E-state index contributed by atoms with van der Waals surface area (Å²) >= 11 is 10.4. The summed E-state index contributed by atoms with van der Waals surface area (Å²) in [7, 11) is 0. The summed E-state index contributed by atoms with van der Waals surface area (Å²) in [6.07, 6.45) is 4.78. The molecule has 23 heavy (non-hydrogen) atoms. The number of fused-ring (bicyclic) bond motifs is 1. The minimum Gasteiger partial charge on any atom is -0.373 e. The second kappa shape index (κ2) is 7.56. The highest BCUT2D eigenvalue weighted by molar-refractivity contribution is 14.1. The van der Waals surface area contributed by atoms with Crippen molar-refractivity contribution in [3.63, 3.8) is 0 Å². The Morgan fingerprint density at radius 3 is 3.00 bits per heavy atom. The van der Waals surface area contributed by atoms with E-state index in [1.165, 1.54) is 27.7 Å². The van der Waals surface area contributed by atoms with Gasteiger partial charge < -0.3 is 11.1 Å². The van der Waals surface area contributed by atoms with E-state index in [9.17, 15) is 0 Å². The van der Waals surface area contributed by atoms with E-state index in [2.05, 4.69) is 44.7 Å². The molecule has 0 radical (unpaired) electrons. The smallest absolute Gasteiger partial charge is 0.131 e. The molecule has 3 nitrogen and oxygen atoms in total. The van der Waals surface area contributed by atoms with Crippen LogP contribution in [-0.4, -0.2) is 17.6 Å². The van der Waals surface area contributed by atoms with E-state index < -0.39 is 0 Å². The van der Waals surface area contributed by atoms with Crippen molar-refractivity contribution in [3.8, 4) is 11.8 Å². The number of nitrogens with zero attached hydrogens (tertiary/aromatic N) is 1. The number of pyridine rings is 1. The highest BCUT2D eigenvalue weighted by atomic mass is 127. The predicted octanol–water partition coefficient (Wildman–Crippen LogP) is 4.97. The highest BCUT2D eigenvalue weighted by Gasteiger charge is 2.28. The van der Waals surface area contributed by atoms with E-state index in [0.29, 0.717) is 17.6 Å². The first-order valence-electron chi connectivity index (χ1n) is 7.79. The van der Waals surface area contributed by atoms with Crippen LogP contribution in [0.3, 0.4) is 0 Å². The third-order valence-electron chi connectivity index (χ3n) is 4.28. The van der Waals surface area contributed by atoms with Crippen LogP contribution in [0.2, 0.25) is 5.15 Å². The van der Waals surface area contributed by atoms with Crippen LogP contribution in [0.25, 0.3) is 10.2 Å². The fourth-order valence-corrected chi connectivity index (χ4v) is 5.94. The third-order valence-corrected chi connectivity index (χ3v) is 7.27. The molecule has 3 N–H and O–H groups in total. The van der Waals surface area contributed by atoms with Gasteiger partial charge in [-0.3, -0.25) is 0 Å². The van der Waals surface area contributed by atoms with Crippen molar-refractivity contribution in [2.45, 2.75) is 44.6 Å². The Labute approximate surface area is 159 Å². The lowest BCUT2D eigenvalue weighted by Gasteiger charge is -2.28. The first-order chi connectivity index (χ1) is 11.1. The summed E-state index contributed by atoms with van der Waals surface area (Å²) in [5.74, 6) is 6.37. The number of anilines is 1. The lowest BCUT2D eigenvalue weighted by molar-refractivity contribution is 0.389. The van der Waals surface area contributed by atoms with Gasteiger partial charge in [-0.15, -0.1) is 17.3 Å². The molecule has 0 aliphatic heterocycles. The SMILES string of the molecule is CC#CCNc1cc(Cl)nc2c(I)c([C@H]3CCCC[C@@H]3N)sc12. The minimum absolute atomic E-state index is 0.253. The van der Waals surface area contributed by atoms with Crippen molar-refractivity contribution in [1.82, 2.24) is 4.98 Å². The van der Waals surface area contributed by atoms with Crippen molar-refractivity contribution < 1.29 is 0 Å². The largest absolute Gasteiger partial charge is 0.373 e. The Morgan fingerprint density at radius 2 is 2.26 bits per heavy atom. The molecule has 0 saturated heterocycles. The van der Waals surface area contributed by atoms with E-state index in [1.807, 2.05) is 24.3 Å². The maximum absolute atomic E-state index is 6.39. The number of nitrogens with two attached hydrogens (primary N) is 1. The van der Waals surface area contributed by atoms with E-state index in [0.717, 1.165) is 22.3 Å². The van der Waals surface area contributed by atoms with Crippen molar-refractivity contribution in [2.75, 3.05) is 11.9 Å². The lowest BCUT2D eigenvalue weighted by atomic mass is 9.84. The summed E-state index contributed by atoms with van der Waals surface area (Å²) in [5.41, 5.74) is 8.39. The Bertz CT molecular complexity index is 777. The van der Waals surface area contributed by atoms with Gasteiger partial charge in [0.2, 0.25) is 0 Å². The predicted molar refractivity (Wildman–Crippen MR) is 108 cm³/mol. The van der Waals surface area contributed by atoms with E-state index in [1.54, 1.807) is 0 Å². The fraction of sp³-hybridized carbons (Fsp3) is 0.471. The van der Waals surface area contributed by atoms with Gasteiger partial charge in [0, 0.05) is 22.9 Å². The summed E-state index contributed by atoms with van der Waals surface area (Å²) in [6.45, 7) is 2.45. The Balaban J connectivity index is 2.05. The molecule has 1 fully saturated rings. The molecule has 0 unspecified atom stereocenters. The van der Waals surface area contributed by atoms with Gasteiger partial charge in [0.15, 0.2) is 0 Å². The maximum atomic E-state index is 6.39. The van der Waals surface area contributed by atoms with Crippen molar-refractivity contribution in [3.05, 3.63) is 19.7 Å². The molecular weight excluding hydrogens is 441 g/mol. The summed E-state index contributed by atoms with van der Waals surface area (Å²) in [6, 6.07) is 2.14. The van der Waals surface area contributed by atoms with E-state index in [-0.39, 0.29) is 6.04 Å². The third kappa shape index (κ3) is 3.60. The molecule has 2 atom stereocenters. The quantitative estimate of drug-likeness (QED) is 0.387. The molecule has 2 heterocycles. The molecule has 3 rings (SSSR count). The van der Waals surface area contributed by atoms with Gasteiger partial charge >= 0.3 is 0 Å². The Kier molecular flexibility index (Phi) is 5.68. The number of nitrogens with one attached hydrogen (secondary N) is 1. The Morgan fingerprint density at radius 1 is 1.48 bits per heavy atom. The topological polar surface area (TPSA) is 50.9 Å². The van der Waals surface area contributed by atoms with Gasteiger partial charge in [-0.2, -0.15) is 0 Å². The zero-order valence-electron chi connectivity index (χ0n) is 13.0. The van der Waals surface area contributed by atoms with Gasteiger partial charge in [0.05, 0.1) is 26.0 Å². The summed E-state index contributed by atoms with van der Waals surface area (Å²) in [5, 5.41) is 3.88. The summed E-state index contributed by atoms with van der Waals surface area (Å²) < 4.78 is 2.36. The number of hydrogen-bond donors (Lipinski definition) is 2. The molecular formula is C17H19ClIN3S. The number of aromatic nitrogens is 1. The molecule has 6 heteroatoms. The van der Waals surface area contributed by atoms with Gasteiger partial charge in [-0.05, 0) is 42.4 Å². The van der Waals surface area contributed by atoms with Crippen molar-refractivity contribution in [2.24, 2.45) is 5.73 Å². The van der Waals surface area contributed by atoms with Gasteiger partial charge in [0.25, 0.3) is 0 Å². The van der Waals surface area contributed by atoms with Crippen LogP contribution in [0.5, 0.6) is 0 Å². The monoisotopic (exact) mass is 459 g/mol. The zero-order chi connectivity index (χ0) is 16.4. The minimum atomic E-state index is 0.253. The van der Waals surface area contributed by atoms with Crippen LogP contribution < -0.4 is 11.1 Å². The average molecular weight is 460 g/mol. The second-order valence-corrected chi connectivity index (χ2v) is 8.30. The normalized spacial score (nSPS) is 21.0. The molecule has 1 aliphatic rings. The van der Waals surface area contributed by atoms with Crippen molar-refractivity contribution in [1.29, 1.82) is 0 Å². The fourth-order valence-electron chi connectivity index (χ4n) is 3.11. The molecule has 0 bridgehead atoms. The number of thiophene rings is 1. The number of halogens is 2. The maximum Gasteiger partial charge on any atom is 0.131 e. The molecule has 0 aromatic carbocycles. The molecule has 1 aliphatic carbocycles. The average Bonchev–Trinajstić information content (AvgIpc) is 2.85. The first kappa shape index (κ1) is 17.3. The van der Waals surface area contributed by atoms with Crippen LogP contribution >= 0.6 is 45.5 Å². The van der Waals surface area contributed by atoms with Crippen LogP contribution in [0.1, 0.15) is 43.4 Å². The number of rotatable bonds is 3. The molecule has 0 spiro atoms. The molecule has 1 saturated carbocycles. The van der Waals surface area contributed by atoms with Gasteiger partial charge in [-0.1, -0.05) is 30.4 Å². The van der Waals surface area contributed by atoms with Crippen molar-refractivity contribution >= 4 is 61.4 Å². The molecule has 122 valence electrons. The van der Waals surface area contributed by atoms with Crippen LogP contribution in [0.4, 0.5) is 5.69 Å². The van der Waals surface area contributed by atoms with Crippen LogP contribution in [0, 0.1) is 15.4 Å². The lowest BCUT2D eigenvalue weighted by Crippen LogP contribution is -2.31. The molecule has 2 aromatic rings. The van der Waals surface area contributed by atoms with Crippen LogP contribution in [-0.2, 0) is 0 Å². The highest BCUT2D eigenvalue weighted by Crippen LogP contribution is 2.44. The van der Waals surface area contributed by atoms with Crippen LogP contribution in [0.15, 0.2) is 6.07 Å². The van der Waals surface area contributed by atoms with E-state index >= 15 is 0 Å². The first-order valence-corrected chi connectivity index (χ1v) is 10.1. The van der Waals surface area contributed by atoms with E-state index in [4.69, 9.17) is 17.3 Å². The standard InChI is InChI=1S/C17H19ClIN3S/c1-2-3-8-21-12-9-13(18)22-15-14(19)16(23-17(12)15)10-6-4-5-7-11(10)20/h9-11H,4-8,20H2,1H3,(H,21,22)/t10-,11-/m0/s1. The van der Waals surface area contributed by atoms with Gasteiger partial charge in [-0.25, -0.2) is 4.98 Å². The zero-order valence-corrected chi connectivity index (χ0v) is 16.7. The summed E-state index contributed by atoms with van der Waals surface area (Å²) in [4.78, 5) is 5.92. The van der Waals surface area contributed by atoms with Gasteiger partial charge in [0.1, 0.15) is 5.15 Å². The number of hydrogen-bond acceptors (Lipinski definition) is 4. The molecule has 2 aromatic heterocycles. The molecule has 0 amide bonds. The second-order valence-electron chi connectivity index (χ2n) is 5.79.